The van der Waals surface area contributed by atoms with Gasteiger partial charge in [-0.15, -0.1) is 0 Å². The summed E-state index contributed by atoms with van der Waals surface area (Å²) >= 11 is 0. The molecule has 0 bridgehead atoms. The number of rotatable bonds is 5. The second-order valence-electron chi connectivity index (χ2n) is 5.94. The Morgan fingerprint density at radius 1 is 0.917 bits per heavy atom. The van der Waals surface area contributed by atoms with Crippen LogP contribution < -0.4 is 16.0 Å². The second kappa shape index (κ2) is 7.64. The van der Waals surface area contributed by atoms with Crippen LogP contribution in [0.5, 0.6) is 0 Å². The lowest BCUT2D eigenvalue weighted by Gasteiger charge is -2.14. The zero-order valence-electron chi connectivity index (χ0n) is 14.5. The molecule has 2 rings (SSSR count). The standard InChI is InChI=1S/C19H23N3O2/c1-12-8-13(2)19(14(3)9-12)22-18(24)11-20-16-6-5-7-17(10-16)21-15(4)23/h5-10,20H,11H2,1-4H3,(H,21,23)(H,22,24). The van der Waals surface area contributed by atoms with E-state index in [1.54, 1.807) is 12.1 Å². The van der Waals surface area contributed by atoms with Crippen molar-refractivity contribution in [3.8, 4) is 0 Å². The van der Waals surface area contributed by atoms with E-state index >= 15 is 0 Å². The molecular formula is C19H23N3O2. The molecular weight excluding hydrogens is 302 g/mol. The van der Waals surface area contributed by atoms with Crippen molar-refractivity contribution in [1.29, 1.82) is 0 Å². The number of nitrogens with one attached hydrogen (secondary N) is 3. The van der Waals surface area contributed by atoms with Gasteiger partial charge in [0.2, 0.25) is 11.8 Å². The Hall–Kier alpha value is -2.82. The number of hydrogen-bond donors (Lipinski definition) is 3. The van der Waals surface area contributed by atoms with E-state index in [4.69, 9.17) is 0 Å². The summed E-state index contributed by atoms with van der Waals surface area (Å²) in [5, 5.41) is 8.73. The number of anilines is 3. The van der Waals surface area contributed by atoms with Crippen molar-refractivity contribution >= 4 is 28.9 Å². The van der Waals surface area contributed by atoms with Crippen molar-refractivity contribution in [3.63, 3.8) is 0 Å². The monoisotopic (exact) mass is 325 g/mol. The summed E-state index contributed by atoms with van der Waals surface area (Å²) in [6.45, 7) is 7.62. The fourth-order valence-corrected chi connectivity index (χ4v) is 2.65. The quantitative estimate of drug-likeness (QED) is 0.786. The minimum Gasteiger partial charge on any atom is -0.376 e. The van der Waals surface area contributed by atoms with Crippen molar-refractivity contribution in [2.45, 2.75) is 27.7 Å². The first-order chi connectivity index (χ1) is 11.3. The summed E-state index contributed by atoms with van der Waals surface area (Å²) in [5.41, 5.74) is 5.60. The fourth-order valence-electron chi connectivity index (χ4n) is 2.65. The average molecular weight is 325 g/mol. The summed E-state index contributed by atoms with van der Waals surface area (Å²) in [4.78, 5) is 23.3. The third-order valence-corrected chi connectivity index (χ3v) is 3.58. The molecule has 0 radical (unpaired) electrons. The van der Waals surface area contributed by atoms with E-state index in [-0.39, 0.29) is 18.4 Å². The van der Waals surface area contributed by atoms with Gasteiger partial charge in [-0.25, -0.2) is 0 Å². The molecule has 0 heterocycles. The highest BCUT2D eigenvalue weighted by atomic mass is 16.2. The van der Waals surface area contributed by atoms with Crippen molar-refractivity contribution in [2.75, 3.05) is 22.5 Å². The number of hydrogen-bond acceptors (Lipinski definition) is 3. The number of carbonyl (C=O) groups excluding carboxylic acids is 2. The van der Waals surface area contributed by atoms with Crippen LogP contribution in [0.2, 0.25) is 0 Å². The molecule has 126 valence electrons. The molecule has 5 nitrogen and oxygen atoms in total. The van der Waals surface area contributed by atoms with Gasteiger partial charge in [-0.3, -0.25) is 9.59 Å². The molecule has 0 fully saturated rings. The number of amides is 2. The van der Waals surface area contributed by atoms with E-state index < -0.39 is 0 Å². The maximum absolute atomic E-state index is 12.2. The third-order valence-electron chi connectivity index (χ3n) is 3.58. The summed E-state index contributed by atoms with van der Waals surface area (Å²) in [7, 11) is 0. The van der Waals surface area contributed by atoms with Gasteiger partial charge in [0.15, 0.2) is 0 Å². The smallest absolute Gasteiger partial charge is 0.243 e. The Bertz CT molecular complexity index is 746. The van der Waals surface area contributed by atoms with Gasteiger partial charge in [0.1, 0.15) is 0 Å². The first-order valence-electron chi connectivity index (χ1n) is 7.84. The van der Waals surface area contributed by atoms with Gasteiger partial charge in [-0.2, -0.15) is 0 Å². The molecule has 0 saturated heterocycles. The minimum atomic E-state index is -0.129. The Labute approximate surface area is 142 Å². The third kappa shape index (κ3) is 4.84. The molecule has 5 heteroatoms. The number of aryl methyl sites for hydroxylation is 3. The van der Waals surface area contributed by atoms with Gasteiger partial charge in [0, 0.05) is 24.0 Å². The lowest BCUT2D eigenvalue weighted by Crippen LogP contribution is -2.22. The van der Waals surface area contributed by atoms with Crippen molar-refractivity contribution in [2.24, 2.45) is 0 Å². The predicted octanol–water partition coefficient (Wildman–Crippen LogP) is 3.62. The molecule has 0 saturated carbocycles. The molecule has 0 unspecified atom stereocenters. The van der Waals surface area contributed by atoms with Crippen molar-refractivity contribution in [3.05, 3.63) is 53.1 Å². The van der Waals surface area contributed by atoms with Gasteiger partial charge in [-0.05, 0) is 50.1 Å². The van der Waals surface area contributed by atoms with E-state index in [2.05, 4.69) is 16.0 Å². The lowest BCUT2D eigenvalue weighted by atomic mass is 10.1. The SMILES string of the molecule is CC(=O)Nc1cccc(NCC(=O)Nc2c(C)cc(C)cc2C)c1. The van der Waals surface area contributed by atoms with E-state index in [1.165, 1.54) is 12.5 Å². The molecule has 0 spiro atoms. The molecule has 2 aromatic carbocycles. The van der Waals surface area contributed by atoms with Crippen LogP contribution in [0.25, 0.3) is 0 Å². The Kier molecular flexibility index (Phi) is 5.58. The van der Waals surface area contributed by atoms with Crippen LogP contribution in [0.1, 0.15) is 23.6 Å². The normalized spacial score (nSPS) is 10.2. The van der Waals surface area contributed by atoms with Crippen molar-refractivity contribution in [1.82, 2.24) is 0 Å². The maximum atomic E-state index is 12.2. The summed E-state index contributed by atoms with van der Waals surface area (Å²) < 4.78 is 0. The molecule has 0 aliphatic heterocycles. The van der Waals surface area contributed by atoms with E-state index in [9.17, 15) is 9.59 Å². The van der Waals surface area contributed by atoms with E-state index in [1.807, 2.05) is 45.0 Å². The highest BCUT2D eigenvalue weighted by molar-refractivity contribution is 5.95. The highest BCUT2D eigenvalue weighted by Crippen LogP contribution is 2.22. The van der Waals surface area contributed by atoms with Crippen LogP contribution in [0.3, 0.4) is 0 Å². The molecule has 0 aliphatic carbocycles. The topological polar surface area (TPSA) is 70.2 Å². The molecule has 0 aliphatic rings. The highest BCUT2D eigenvalue weighted by Gasteiger charge is 2.08. The largest absolute Gasteiger partial charge is 0.376 e. The molecule has 0 atom stereocenters. The van der Waals surface area contributed by atoms with E-state index in [0.717, 1.165) is 22.5 Å². The van der Waals surface area contributed by atoms with Gasteiger partial charge < -0.3 is 16.0 Å². The number of benzene rings is 2. The molecule has 24 heavy (non-hydrogen) atoms. The van der Waals surface area contributed by atoms with E-state index in [0.29, 0.717) is 5.69 Å². The summed E-state index contributed by atoms with van der Waals surface area (Å²) in [6, 6.07) is 11.4. The maximum Gasteiger partial charge on any atom is 0.243 e. The Morgan fingerprint density at radius 2 is 1.54 bits per heavy atom. The average Bonchev–Trinajstić information content (AvgIpc) is 2.48. The predicted molar refractivity (Wildman–Crippen MR) is 98.5 cm³/mol. The molecule has 2 aromatic rings. The number of carbonyl (C=O) groups is 2. The van der Waals surface area contributed by atoms with Gasteiger partial charge >= 0.3 is 0 Å². The van der Waals surface area contributed by atoms with Crippen LogP contribution in [0, 0.1) is 20.8 Å². The van der Waals surface area contributed by atoms with Crippen LogP contribution in [-0.2, 0) is 9.59 Å². The molecule has 0 aromatic heterocycles. The van der Waals surface area contributed by atoms with Crippen LogP contribution in [0.4, 0.5) is 17.1 Å². The molecule has 3 N–H and O–H groups in total. The van der Waals surface area contributed by atoms with Gasteiger partial charge in [0.05, 0.1) is 6.54 Å². The Balaban J connectivity index is 1.98. The first kappa shape index (κ1) is 17.5. The zero-order chi connectivity index (χ0) is 17.7. The van der Waals surface area contributed by atoms with Crippen LogP contribution in [-0.4, -0.2) is 18.4 Å². The minimum absolute atomic E-state index is 0.116. The lowest BCUT2D eigenvalue weighted by molar-refractivity contribution is -0.115. The summed E-state index contributed by atoms with van der Waals surface area (Å²) in [5.74, 6) is -0.245. The summed E-state index contributed by atoms with van der Waals surface area (Å²) in [6.07, 6.45) is 0. The van der Waals surface area contributed by atoms with Gasteiger partial charge in [-0.1, -0.05) is 23.8 Å². The van der Waals surface area contributed by atoms with Gasteiger partial charge in [0.25, 0.3) is 0 Å². The fraction of sp³-hybridized carbons (Fsp3) is 0.263. The zero-order valence-corrected chi connectivity index (χ0v) is 14.5. The van der Waals surface area contributed by atoms with Crippen molar-refractivity contribution < 1.29 is 9.59 Å². The Morgan fingerprint density at radius 3 is 2.17 bits per heavy atom. The first-order valence-corrected chi connectivity index (χ1v) is 7.84. The molecule has 2 amide bonds. The van der Waals surface area contributed by atoms with Crippen LogP contribution >= 0.6 is 0 Å². The second-order valence-corrected chi connectivity index (χ2v) is 5.94. The van der Waals surface area contributed by atoms with Crippen LogP contribution in [0.15, 0.2) is 36.4 Å².